The normalized spacial score (nSPS) is 32.8. The Morgan fingerprint density at radius 3 is 1.65 bits per heavy atom. The van der Waals surface area contributed by atoms with Crippen LogP contribution in [0.2, 0.25) is 0 Å². The van der Waals surface area contributed by atoms with E-state index < -0.39 is 0 Å². The molecule has 17 heavy (non-hydrogen) atoms. The van der Waals surface area contributed by atoms with Crippen LogP contribution in [0, 0.1) is 42.2 Å². The highest BCUT2D eigenvalue weighted by Gasteiger charge is 2.53. The summed E-state index contributed by atoms with van der Waals surface area (Å²) in [4.78, 5) is 0. The van der Waals surface area contributed by atoms with Gasteiger partial charge >= 0.3 is 0 Å². The van der Waals surface area contributed by atoms with Crippen molar-refractivity contribution >= 4 is 7.92 Å². The zero-order valence-electron chi connectivity index (χ0n) is 12.1. The Kier molecular flexibility index (Phi) is 3.68. The van der Waals surface area contributed by atoms with Crippen LogP contribution < -0.4 is 0 Å². The summed E-state index contributed by atoms with van der Waals surface area (Å²) in [5, 5.41) is 0. The van der Waals surface area contributed by atoms with Gasteiger partial charge in [0, 0.05) is 5.66 Å². The van der Waals surface area contributed by atoms with Gasteiger partial charge in [0.1, 0.15) is 0 Å². The predicted octanol–water partition coefficient (Wildman–Crippen LogP) is 5.06. The fourth-order valence-electron chi connectivity index (χ4n) is 2.96. The van der Waals surface area contributed by atoms with Crippen molar-refractivity contribution in [1.82, 2.24) is 0 Å². The van der Waals surface area contributed by atoms with Crippen molar-refractivity contribution in [2.75, 3.05) is 0 Å². The molecular weight excluding hydrogens is 223 g/mol. The van der Waals surface area contributed by atoms with Crippen molar-refractivity contribution in [1.29, 1.82) is 0 Å². The molecule has 2 rings (SSSR count). The molecule has 1 saturated heterocycles. The summed E-state index contributed by atoms with van der Waals surface area (Å²) in [6.07, 6.45) is 10.5. The van der Waals surface area contributed by atoms with E-state index in [9.17, 15) is 0 Å². The van der Waals surface area contributed by atoms with E-state index in [1.54, 1.807) is 5.66 Å². The maximum Gasteiger partial charge on any atom is 0.00807 e. The van der Waals surface area contributed by atoms with E-state index in [4.69, 9.17) is 0 Å². The van der Waals surface area contributed by atoms with Crippen LogP contribution in [0.4, 0.5) is 0 Å². The Morgan fingerprint density at radius 1 is 0.882 bits per heavy atom. The van der Waals surface area contributed by atoms with E-state index >= 15 is 0 Å². The van der Waals surface area contributed by atoms with E-state index in [2.05, 4.69) is 67.2 Å². The summed E-state index contributed by atoms with van der Waals surface area (Å²) >= 11 is 0. The first-order valence-electron chi connectivity index (χ1n) is 6.71. The van der Waals surface area contributed by atoms with Crippen LogP contribution in [-0.2, 0) is 0 Å². The van der Waals surface area contributed by atoms with Crippen molar-refractivity contribution in [3.05, 3.63) is 31.3 Å². The Hall–Kier alpha value is 0.430. The molecule has 95 valence electrons. The third-order valence-electron chi connectivity index (χ3n) is 4.06. The molecule has 1 heteroatoms. The predicted molar refractivity (Wildman–Crippen MR) is 78.5 cm³/mol. The Labute approximate surface area is 110 Å². The molecule has 2 fully saturated rings. The van der Waals surface area contributed by atoms with Gasteiger partial charge in [-0.3, -0.25) is 0 Å². The summed E-state index contributed by atoms with van der Waals surface area (Å²) in [6, 6.07) is 0. The summed E-state index contributed by atoms with van der Waals surface area (Å²) in [5.74, 6) is 0. The third kappa shape index (κ3) is 2.73. The topological polar surface area (TPSA) is 0 Å². The largest absolute Gasteiger partial charge is 0.0913 e. The molecule has 0 aromatic rings. The van der Waals surface area contributed by atoms with Gasteiger partial charge in [-0.15, -0.1) is 0 Å². The van der Waals surface area contributed by atoms with Crippen LogP contribution in [0.1, 0.15) is 48.0 Å². The fraction of sp³-hybridized carbons (Fsp3) is 0.688. The Bertz CT molecular complexity index is 242. The minimum absolute atomic E-state index is 0.0412. The van der Waals surface area contributed by atoms with Gasteiger partial charge in [0.2, 0.25) is 0 Å². The zero-order chi connectivity index (χ0) is 12.8. The molecule has 0 aromatic heterocycles. The smallest absolute Gasteiger partial charge is 0.00807 e. The molecule has 0 aromatic carbocycles. The number of hydrogen-bond donors (Lipinski definition) is 0. The second-order valence-electron chi connectivity index (χ2n) is 7.55. The van der Waals surface area contributed by atoms with Gasteiger partial charge in [-0.2, -0.15) is 0 Å². The third-order valence-corrected chi connectivity index (χ3v) is 8.27. The maximum absolute atomic E-state index is 2.41. The highest BCUT2D eigenvalue weighted by Crippen LogP contribution is 2.75. The van der Waals surface area contributed by atoms with Gasteiger partial charge in [-0.1, -0.05) is 49.5 Å². The van der Waals surface area contributed by atoms with Gasteiger partial charge in [-0.25, -0.2) is 0 Å². The molecule has 0 nitrogen and oxygen atoms in total. The molecule has 0 unspecified atom stereocenters. The van der Waals surface area contributed by atoms with E-state index in [1.165, 1.54) is 6.42 Å². The molecule has 1 aliphatic heterocycles. The van der Waals surface area contributed by atoms with Crippen LogP contribution in [-0.4, -0.2) is 11.3 Å². The van der Waals surface area contributed by atoms with Crippen LogP contribution >= 0.6 is 7.92 Å². The van der Waals surface area contributed by atoms with E-state index in [0.717, 1.165) is 11.3 Å². The van der Waals surface area contributed by atoms with Gasteiger partial charge in [0.05, 0.1) is 0 Å². The van der Waals surface area contributed by atoms with Crippen molar-refractivity contribution < 1.29 is 0 Å². The minimum atomic E-state index is 0.0412. The molecule has 2 aliphatic rings. The van der Waals surface area contributed by atoms with Crippen molar-refractivity contribution in [3.8, 4) is 0 Å². The SMILES string of the molecule is CC(C)(C)[C@H]1C[C@H](C(C)(C)C)P1[C]1[CH][CH][CH][CH]1. The van der Waals surface area contributed by atoms with Crippen molar-refractivity contribution in [3.63, 3.8) is 0 Å². The van der Waals surface area contributed by atoms with Crippen LogP contribution in [0.3, 0.4) is 0 Å². The van der Waals surface area contributed by atoms with E-state index in [-0.39, 0.29) is 7.92 Å². The van der Waals surface area contributed by atoms with Gasteiger partial charge in [0.25, 0.3) is 0 Å². The number of hydrogen-bond acceptors (Lipinski definition) is 0. The lowest BCUT2D eigenvalue weighted by Gasteiger charge is -2.58. The molecule has 0 bridgehead atoms. The lowest BCUT2D eigenvalue weighted by molar-refractivity contribution is 0.278. The molecule has 0 N–H and O–H groups in total. The molecule has 1 heterocycles. The quantitative estimate of drug-likeness (QED) is 0.569. The van der Waals surface area contributed by atoms with Crippen LogP contribution in [0.25, 0.3) is 0 Å². The summed E-state index contributed by atoms with van der Waals surface area (Å²) in [7, 11) is 0.0412. The molecule has 2 atom stereocenters. The van der Waals surface area contributed by atoms with E-state index in [0.29, 0.717) is 10.8 Å². The first-order valence-corrected chi connectivity index (χ1v) is 8.19. The maximum atomic E-state index is 2.41. The highest BCUT2D eigenvalue weighted by molar-refractivity contribution is 7.64. The first kappa shape index (κ1) is 13.9. The van der Waals surface area contributed by atoms with Gasteiger partial charge in [-0.05, 0) is 54.3 Å². The molecule has 5 radical (unpaired) electrons. The lowest BCUT2D eigenvalue weighted by Crippen LogP contribution is -2.46. The first-order chi connectivity index (χ1) is 7.71. The average molecular weight is 249 g/mol. The van der Waals surface area contributed by atoms with Gasteiger partial charge < -0.3 is 0 Å². The Morgan fingerprint density at radius 2 is 1.29 bits per heavy atom. The molecular formula is C16H26P. The number of rotatable bonds is 1. The fourth-order valence-corrected chi connectivity index (χ4v) is 6.78. The second-order valence-corrected chi connectivity index (χ2v) is 10.1. The second kappa shape index (κ2) is 4.52. The molecule has 1 aliphatic carbocycles. The van der Waals surface area contributed by atoms with E-state index in [1.807, 2.05) is 0 Å². The van der Waals surface area contributed by atoms with Crippen LogP contribution in [0.5, 0.6) is 0 Å². The standard InChI is InChI=1S/C16H26P/c1-15(2,3)13-11-14(16(4,5)6)17(13)12-9-7-8-10-12/h7-10,13-14H,11H2,1-6H3/t13-,14-/m1/s1. The summed E-state index contributed by atoms with van der Waals surface area (Å²) in [6.45, 7) is 14.5. The molecule has 1 saturated carbocycles. The highest BCUT2D eigenvalue weighted by atomic mass is 31.1. The van der Waals surface area contributed by atoms with Crippen molar-refractivity contribution in [2.24, 2.45) is 10.8 Å². The van der Waals surface area contributed by atoms with Crippen molar-refractivity contribution in [2.45, 2.75) is 59.3 Å². The molecule has 0 amide bonds. The Balaban J connectivity index is 2.13. The van der Waals surface area contributed by atoms with Crippen LogP contribution in [0.15, 0.2) is 0 Å². The lowest BCUT2D eigenvalue weighted by atomic mass is 9.81. The zero-order valence-corrected chi connectivity index (χ0v) is 13.0. The monoisotopic (exact) mass is 249 g/mol. The minimum Gasteiger partial charge on any atom is -0.0913 e. The average Bonchev–Trinajstić information content (AvgIpc) is 2.48. The molecule has 0 spiro atoms. The summed E-state index contributed by atoms with van der Waals surface area (Å²) < 4.78 is 0. The summed E-state index contributed by atoms with van der Waals surface area (Å²) in [5.41, 5.74) is 4.37. The van der Waals surface area contributed by atoms with Gasteiger partial charge in [0.15, 0.2) is 0 Å².